The number of aliphatic carboxylic acids is 1. The number of nitrogens with one attached hydrogen (secondary N) is 2. The number of carboxylic acids is 1. The molecule has 3 saturated carbocycles. The van der Waals surface area contributed by atoms with Crippen molar-refractivity contribution in [3.63, 3.8) is 0 Å². The van der Waals surface area contributed by atoms with Crippen LogP contribution in [-0.2, 0) is 14.4 Å². The van der Waals surface area contributed by atoms with Gasteiger partial charge in [0, 0.05) is 36.3 Å². The van der Waals surface area contributed by atoms with E-state index in [0.29, 0.717) is 24.2 Å². The summed E-state index contributed by atoms with van der Waals surface area (Å²) in [6.07, 6.45) is 12.7. The Morgan fingerprint density at radius 1 is 0.574 bits per heavy atom. The smallest absolute Gasteiger partial charge is 0.475 e. The van der Waals surface area contributed by atoms with Gasteiger partial charge < -0.3 is 15.7 Å². The van der Waals surface area contributed by atoms with Gasteiger partial charge in [-0.05, 0) is 143 Å². The number of hydrogen-bond acceptors (Lipinski definition) is 5. The monoisotopic (exact) mass is 748 g/mol. The average molecular weight is 749 g/mol. The number of nitrogens with zero attached hydrogens (tertiary/aromatic N) is 2. The molecule has 292 valence electrons. The van der Waals surface area contributed by atoms with E-state index < -0.39 is 12.1 Å². The van der Waals surface area contributed by atoms with Crippen molar-refractivity contribution in [3.8, 4) is 0 Å². The van der Waals surface area contributed by atoms with Gasteiger partial charge in [-0.25, -0.2) is 4.79 Å². The van der Waals surface area contributed by atoms with Gasteiger partial charge in [-0.2, -0.15) is 13.2 Å². The van der Waals surface area contributed by atoms with E-state index in [9.17, 15) is 22.8 Å². The molecule has 11 heteroatoms. The number of halogens is 3. The van der Waals surface area contributed by atoms with E-state index in [0.717, 1.165) is 43.9 Å². The van der Waals surface area contributed by atoms with Crippen LogP contribution in [0.25, 0.3) is 0 Å². The first-order valence-electron chi connectivity index (χ1n) is 20.6. The predicted molar refractivity (Wildman–Crippen MR) is 198 cm³/mol. The number of alkyl halides is 3. The van der Waals surface area contributed by atoms with Crippen molar-refractivity contribution in [2.75, 3.05) is 13.1 Å². The van der Waals surface area contributed by atoms with Gasteiger partial charge in [-0.15, -0.1) is 0 Å². The molecule has 3 unspecified atom stereocenters. The summed E-state index contributed by atoms with van der Waals surface area (Å²) in [5.74, 6) is -1.19. The molecule has 2 saturated heterocycles. The van der Waals surface area contributed by atoms with E-state index in [1.807, 2.05) is 0 Å². The predicted octanol–water partition coefficient (Wildman–Crippen LogP) is 8.17. The molecule has 8 nitrogen and oxygen atoms in total. The largest absolute Gasteiger partial charge is 0.490 e. The maximum atomic E-state index is 13.1. The van der Waals surface area contributed by atoms with Crippen LogP contribution >= 0.6 is 0 Å². The van der Waals surface area contributed by atoms with Crippen LogP contribution in [0.1, 0.15) is 143 Å². The van der Waals surface area contributed by atoms with Crippen LogP contribution in [0.3, 0.4) is 0 Å². The molecule has 3 aliphatic carbocycles. The summed E-state index contributed by atoms with van der Waals surface area (Å²) in [6.45, 7) is 2.42. The number of rotatable bonds is 10. The molecule has 7 aliphatic rings. The van der Waals surface area contributed by atoms with Gasteiger partial charge >= 0.3 is 12.1 Å². The zero-order valence-electron chi connectivity index (χ0n) is 31.1. The highest BCUT2D eigenvalue weighted by molar-refractivity contribution is 5.92. The first-order chi connectivity index (χ1) is 26.0. The normalized spacial score (nSPS) is 33.7. The fourth-order valence-electron chi connectivity index (χ4n) is 11.2. The second-order valence-corrected chi connectivity index (χ2v) is 17.2. The summed E-state index contributed by atoms with van der Waals surface area (Å²) >= 11 is 0. The second kappa shape index (κ2) is 15.6. The summed E-state index contributed by atoms with van der Waals surface area (Å²) in [7, 11) is 0. The topological polar surface area (TPSA) is 102 Å². The molecule has 3 N–H and O–H groups in total. The van der Waals surface area contributed by atoms with Crippen molar-refractivity contribution in [1.29, 1.82) is 0 Å². The van der Waals surface area contributed by atoms with E-state index in [-0.39, 0.29) is 35.7 Å². The van der Waals surface area contributed by atoms with E-state index in [1.54, 1.807) is 22.3 Å². The Morgan fingerprint density at radius 3 is 1.19 bits per heavy atom. The van der Waals surface area contributed by atoms with E-state index in [4.69, 9.17) is 9.90 Å². The number of amides is 2. The molecule has 4 aliphatic heterocycles. The quantitative estimate of drug-likeness (QED) is 0.227. The van der Waals surface area contributed by atoms with Crippen LogP contribution in [0, 0.1) is 23.7 Å². The first-order valence-corrected chi connectivity index (χ1v) is 20.6. The molecule has 5 fully saturated rings. The maximum Gasteiger partial charge on any atom is 0.490 e. The Balaban J connectivity index is 0.000000541. The fourth-order valence-corrected chi connectivity index (χ4v) is 11.2. The number of hydrogen-bond donors (Lipinski definition) is 3. The van der Waals surface area contributed by atoms with Gasteiger partial charge in [0.25, 0.3) is 0 Å². The average Bonchev–Trinajstić information content (AvgIpc) is 3.43. The third kappa shape index (κ3) is 7.81. The number of fused-ring (bicyclic) bond motifs is 10. The molecule has 2 amide bonds. The zero-order valence-corrected chi connectivity index (χ0v) is 31.1. The van der Waals surface area contributed by atoms with Crippen molar-refractivity contribution in [2.24, 2.45) is 23.7 Å². The summed E-state index contributed by atoms with van der Waals surface area (Å²) in [4.78, 5) is 40.6. The van der Waals surface area contributed by atoms with Gasteiger partial charge in [0.2, 0.25) is 11.8 Å². The third-order valence-corrected chi connectivity index (χ3v) is 14.1. The van der Waals surface area contributed by atoms with E-state index in [2.05, 4.69) is 69.0 Å². The van der Waals surface area contributed by atoms with Gasteiger partial charge in [-0.3, -0.25) is 19.4 Å². The minimum Gasteiger partial charge on any atom is -0.475 e. The molecule has 2 aromatic rings. The molecule has 6 atom stereocenters. The van der Waals surface area contributed by atoms with Gasteiger partial charge in [0.05, 0.1) is 11.8 Å². The Morgan fingerprint density at radius 2 is 0.889 bits per heavy atom. The molecular weight excluding hydrogens is 693 g/mol. The van der Waals surface area contributed by atoms with E-state index in [1.165, 1.54) is 77.3 Å². The summed E-state index contributed by atoms with van der Waals surface area (Å²) < 4.78 is 31.7. The molecule has 4 bridgehead atoms. The van der Waals surface area contributed by atoms with Crippen LogP contribution in [0.2, 0.25) is 0 Å². The molecule has 4 heterocycles. The second-order valence-electron chi connectivity index (χ2n) is 17.2. The molecular formula is C43H55F3N4O4. The summed E-state index contributed by atoms with van der Waals surface area (Å²) in [6, 6.07) is 21.3. The lowest BCUT2D eigenvalue weighted by molar-refractivity contribution is -0.192. The number of carboxylic acid groups (broad SMARTS) is 1. The molecule has 0 radical (unpaired) electrons. The van der Waals surface area contributed by atoms with Crippen molar-refractivity contribution >= 4 is 17.8 Å². The highest BCUT2D eigenvalue weighted by atomic mass is 19.4. The van der Waals surface area contributed by atoms with Crippen molar-refractivity contribution in [3.05, 3.63) is 70.8 Å². The third-order valence-electron chi connectivity index (χ3n) is 14.1. The standard InChI is InChI=1S/C41H54N4O2.C2HF3O2/c46-40(42-28-13-9-26(10-14-28)21-23-44-36-17-18-37(44)31-6-2-1-5-30(31)36)34-25-35(34)41(47)43-29-15-11-27(12-16-29)22-24-45-38-19-20-39(45)33-8-4-3-7-32(33)38;3-2(4,5)1(6)7/h1-8,26-29,34-39H,9-25H2,(H,42,46)(H,43,47);(H,6,7)/t26?,27?,28?,29?,34?,35?,36-,37+,38-,39?;/m1./s1. The Hall–Kier alpha value is -3.44. The maximum absolute atomic E-state index is 13.1. The molecule has 9 rings (SSSR count). The molecule has 0 aromatic heterocycles. The minimum atomic E-state index is -5.08. The van der Waals surface area contributed by atoms with Gasteiger partial charge in [0.1, 0.15) is 0 Å². The Kier molecular flexibility index (Phi) is 10.8. The van der Waals surface area contributed by atoms with Crippen LogP contribution in [-0.4, -0.2) is 64.0 Å². The Labute approximate surface area is 316 Å². The molecule has 0 spiro atoms. The molecule has 2 aromatic carbocycles. The summed E-state index contributed by atoms with van der Waals surface area (Å²) in [5, 5.41) is 13.8. The van der Waals surface area contributed by atoms with Crippen LogP contribution in [0.5, 0.6) is 0 Å². The van der Waals surface area contributed by atoms with Gasteiger partial charge in [-0.1, -0.05) is 48.5 Å². The van der Waals surface area contributed by atoms with Crippen molar-refractivity contribution in [1.82, 2.24) is 20.4 Å². The Bertz CT molecular complexity index is 1510. The van der Waals surface area contributed by atoms with Crippen LogP contribution < -0.4 is 10.6 Å². The van der Waals surface area contributed by atoms with Crippen molar-refractivity contribution < 1.29 is 32.7 Å². The lowest BCUT2D eigenvalue weighted by atomic mass is 9.83. The number of carbonyl (C=O) groups excluding carboxylic acids is 2. The van der Waals surface area contributed by atoms with Gasteiger partial charge in [0.15, 0.2) is 0 Å². The minimum absolute atomic E-state index is 0.115. The van der Waals surface area contributed by atoms with Crippen molar-refractivity contribution in [2.45, 2.75) is 139 Å². The first kappa shape index (κ1) is 37.5. The SMILES string of the molecule is O=C(NC1CCC(CCN2C3CC[C@@H]2c2ccccc23)CC1)C1CC1C(=O)NC1CCC(CCN2[C@@H]3CC[C@H]2c2ccccc23)CC1.O=C(O)C(F)(F)F. The zero-order chi connectivity index (χ0) is 37.6. The highest BCUT2D eigenvalue weighted by Gasteiger charge is 2.49. The van der Waals surface area contributed by atoms with Crippen LogP contribution in [0.4, 0.5) is 13.2 Å². The van der Waals surface area contributed by atoms with Crippen LogP contribution in [0.15, 0.2) is 48.5 Å². The fraction of sp³-hybridized carbons (Fsp3) is 0.651. The van der Waals surface area contributed by atoms with E-state index >= 15 is 0 Å². The number of carbonyl (C=O) groups is 3. The lowest BCUT2D eigenvalue weighted by Crippen LogP contribution is -2.41. The highest BCUT2D eigenvalue weighted by Crippen LogP contribution is 2.54. The summed E-state index contributed by atoms with van der Waals surface area (Å²) in [5.41, 5.74) is 6.32. The molecule has 54 heavy (non-hydrogen) atoms. The number of benzene rings is 2. The lowest BCUT2D eigenvalue weighted by Gasteiger charge is -2.31.